The minimum absolute atomic E-state index is 0.136. The molecule has 0 aliphatic heterocycles. The number of halogens is 2. The highest BCUT2D eigenvalue weighted by atomic mass is 19.1. The standard InChI is InChI=1S/C22H19F2N5O/c1-15(17-7-9-18(23)10-8-17)25-21(30)20-22(28-11-2-3-12-28)29(27-26-20)14-16-5-4-6-19(24)13-16/h2-13,15H,14H2,1H3,(H,25,30)/t15-/m0/s1. The predicted molar refractivity (Wildman–Crippen MR) is 107 cm³/mol. The average molecular weight is 407 g/mol. The number of benzene rings is 2. The monoisotopic (exact) mass is 407 g/mol. The summed E-state index contributed by atoms with van der Waals surface area (Å²) in [7, 11) is 0. The molecule has 0 aliphatic carbocycles. The first-order valence-electron chi connectivity index (χ1n) is 9.39. The summed E-state index contributed by atoms with van der Waals surface area (Å²) < 4.78 is 30.0. The molecular formula is C22H19F2N5O. The predicted octanol–water partition coefficient (Wildman–Crippen LogP) is 3.89. The third-order valence-corrected chi connectivity index (χ3v) is 4.71. The van der Waals surface area contributed by atoms with Gasteiger partial charge in [0.2, 0.25) is 0 Å². The zero-order valence-electron chi connectivity index (χ0n) is 16.2. The van der Waals surface area contributed by atoms with Crippen LogP contribution < -0.4 is 5.32 Å². The molecule has 0 saturated carbocycles. The van der Waals surface area contributed by atoms with Crippen molar-refractivity contribution in [3.8, 4) is 5.82 Å². The fourth-order valence-corrected chi connectivity index (χ4v) is 3.20. The van der Waals surface area contributed by atoms with E-state index in [1.165, 1.54) is 24.3 Å². The van der Waals surface area contributed by atoms with Gasteiger partial charge >= 0.3 is 0 Å². The molecule has 4 aromatic rings. The lowest BCUT2D eigenvalue weighted by Gasteiger charge is -2.14. The van der Waals surface area contributed by atoms with E-state index in [-0.39, 0.29) is 29.9 Å². The van der Waals surface area contributed by atoms with Gasteiger partial charge in [-0.3, -0.25) is 4.79 Å². The maximum Gasteiger partial charge on any atom is 0.276 e. The molecule has 1 N–H and O–H groups in total. The number of nitrogens with zero attached hydrogens (tertiary/aromatic N) is 4. The van der Waals surface area contributed by atoms with E-state index < -0.39 is 5.91 Å². The highest BCUT2D eigenvalue weighted by Crippen LogP contribution is 2.18. The van der Waals surface area contributed by atoms with E-state index in [1.54, 1.807) is 52.8 Å². The number of carbonyl (C=O) groups excluding carboxylic acids is 1. The maximum absolute atomic E-state index is 13.6. The molecule has 0 aliphatic rings. The Balaban J connectivity index is 1.63. The molecule has 8 heteroatoms. The molecule has 6 nitrogen and oxygen atoms in total. The van der Waals surface area contributed by atoms with Gasteiger partial charge in [0.25, 0.3) is 5.91 Å². The first-order chi connectivity index (χ1) is 14.5. The summed E-state index contributed by atoms with van der Waals surface area (Å²) in [6.45, 7) is 2.05. The van der Waals surface area contributed by atoms with Gasteiger partial charge in [0.15, 0.2) is 11.5 Å². The summed E-state index contributed by atoms with van der Waals surface area (Å²) in [5.41, 5.74) is 1.59. The Bertz CT molecular complexity index is 1150. The van der Waals surface area contributed by atoms with Gasteiger partial charge in [0, 0.05) is 12.4 Å². The lowest BCUT2D eigenvalue weighted by atomic mass is 10.1. The van der Waals surface area contributed by atoms with Gasteiger partial charge in [-0.1, -0.05) is 29.5 Å². The molecule has 0 fully saturated rings. The normalized spacial score (nSPS) is 12.0. The van der Waals surface area contributed by atoms with E-state index in [0.29, 0.717) is 11.4 Å². The third kappa shape index (κ3) is 4.12. The Labute approximate surface area is 171 Å². The van der Waals surface area contributed by atoms with Gasteiger partial charge in [0.05, 0.1) is 12.6 Å². The van der Waals surface area contributed by atoms with Crippen LogP contribution in [0.15, 0.2) is 73.1 Å². The van der Waals surface area contributed by atoms with Crippen molar-refractivity contribution in [1.29, 1.82) is 0 Å². The lowest BCUT2D eigenvalue weighted by molar-refractivity contribution is 0.0934. The van der Waals surface area contributed by atoms with Crippen LogP contribution in [0, 0.1) is 11.6 Å². The molecule has 0 unspecified atom stereocenters. The van der Waals surface area contributed by atoms with E-state index in [2.05, 4.69) is 15.6 Å². The van der Waals surface area contributed by atoms with Gasteiger partial charge < -0.3 is 9.88 Å². The molecule has 4 rings (SSSR count). The number of aromatic nitrogens is 4. The second-order valence-corrected chi connectivity index (χ2v) is 6.89. The molecule has 0 saturated heterocycles. The molecule has 0 radical (unpaired) electrons. The van der Waals surface area contributed by atoms with Crippen LogP contribution in [-0.2, 0) is 6.54 Å². The lowest BCUT2D eigenvalue weighted by Crippen LogP contribution is -2.28. The van der Waals surface area contributed by atoms with Crippen LogP contribution in [0.4, 0.5) is 8.78 Å². The Morgan fingerprint density at radius 2 is 1.77 bits per heavy atom. The van der Waals surface area contributed by atoms with Crippen LogP contribution in [0.2, 0.25) is 0 Å². The number of hydrogen-bond donors (Lipinski definition) is 1. The summed E-state index contributed by atoms with van der Waals surface area (Å²) in [6, 6.07) is 15.4. The van der Waals surface area contributed by atoms with Crippen LogP contribution in [-0.4, -0.2) is 25.5 Å². The van der Waals surface area contributed by atoms with Crippen molar-refractivity contribution in [3.05, 3.63) is 102 Å². The van der Waals surface area contributed by atoms with Gasteiger partial charge in [-0.2, -0.15) is 0 Å². The van der Waals surface area contributed by atoms with Gasteiger partial charge in [0.1, 0.15) is 11.6 Å². The summed E-state index contributed by atoms with van der Waals surface area (Å²) >= 11 is 0. The minimum Gasteiger partial charge on any atom is -0.344 e. The van der Waals surface area contributed by atoms with E-state index in [4.69, 9.17) is 0 Å². The van der Waals surface area contributed by atoms with Crippen molar-refractivity contribution >= 4 is 5.91 Å². The molecule has 2 aromatic carbocycles. The van der Waals surface area contributed by atoms with Crippen molar-refractivity contribution in [3.63, 3.8) is 0 Å². The zero-order valence-corrected chi connectivity index (χ0v) is 16.2. The molecular weight excluding hydrogens is 388 g/mol. The first-order valence-corrected chi connectivity index (χ1v) is 9.39. The third-order valence-electron chi connectivity index (χ3n) is 4.71. The second kappa shape index (κ2) is 8.28. The van der Waals surface area contributed by atoms with E-state index in [9.17, 15) is 13.6 Å². The topological polar surface area (TPSA) is 64.7 Å². The number of amides is 1. The minimum atomic E-state index is -0.416. The van der Waals surface area contributed by atoms with Crippen molar-refractivity contribution in [2.24, 2.45) is 0 Å². The smallest absolute Gasteiger partial charge is 0.276 e. The zero-order chi connectivity index (χ0) is 21.1. The van der Waals surface area contributed by atoms with E-state index in [0.717, 1.165) is 5.56 Å². The number of rotatable bonds is 6. The van der Waals surface area contributed by atoms with Crippen molar-refractivity contribution < 1.29 is 13.6 Å². The van der Waals surface area contributed by atoms with Gasteiger partial charge in [-0.25, -0.2) is 13.5 Å². The first kappa shape index (κ1) is 19.5. The van der Waals surface area contributed by atoms with Crippen LogP contribution >= 0.6 is 0 Å². The molecule has 0 bridgehead atoms. The number of hydrogen-bond acceptors (Lipinski definition) is 3. The van der Waals surface area contributed by atoms with Crippen molar-refractivity contribution in [2.45, 2.75) is 19.5 Å². The second-order valence-electron chi connectivity index (χ2n) is 6.89. The largest absolute Gasteiger partial charge is 0.344 e. The molecule has 30 heavy (non-hydrogen) atoms. The summed E-state index contributed by atoms with van der Waals surface area (Å²) in [5.74, 6) is -0.636. The molecule has 152 valence electrons. The fourth-order valence-electron chi connectivity index (χ4n) is 3.20. The number of nitrogens with one attached hydrogen (secondary N) is 1. The van der Waals surface area contributed by atoms with Crippen LogP contribution in [0.5, 0.6) is 0 Å². The van der Waals surface area contributed by atoms with Crippen molar-refractivity contribution in [1.82, 2.24) is 24.9 Å². The average Bonchev–Trinajstić information content (AvgIpc) is 3.38. The Morgan fingerprint density at radius 3 is 2.47 bits per heavy atom. The van der Waals surface area contributed by atoms with Crippen LogP contribution in [0.3, 0.4) is 0 Å². The summed E-state index contributed by atoms with van der Waals surface area (Å²) in [5, 5.41) is 11.1. The molecule has 1 atom stereocenters. The molecule has 0 spiro atoms. The Kier molecular flexibility index (Phi) is 5.38. The quantitative estimate of drug-likeness (QED) is 0.528. The van der Waals surface area contributed by atoms with Crippen molar-refractivity contribution in [2.75, 3.05) is 0 Å². The summed E-state index contributed by atoms with van der Waals surface area (Å²) in [6.07, 6.45) is 3.56. The van der Waals surface area contributed by atoms with Crippen LogP contribution in [0.25, 0.3) is 5.82 Å². The fraction of sp³-hybridized carbons (Fsp3) is 0.136. The van der Waals surface area contributed by atoms with Gasteiger partial charge in [-0.05, 0) is 54.4 Å². The molecule has 2 aromatic heterocycles. The Hall–Kier alpha value is -3.81. The highest BCUT2D eigenvalue weighted by Gasteiger charge is 2.23. The maximum atomic E-state index is 13.6. The van der Waals surface area contributed by atoms with Gasteiger partial charge in [-0.15, -0.1) is 5.10 Å². The number of carbonyl (C=O) groups is 1. The van der Waals surface area contributed by atoms with Crippen LogP contribution in [0.1, 0.15) is 34.6 Å². The molecule has 1 amide bonds. The highest BCUT2D eigenvalue weighted by molar-refractivity contribution is 5.95. The Morgan fingerprint density at radius 1 is 1.03 bits per heavy atom. The van der Waals surface area contributed by atoms with E-state index >= 15 is 0 Å². The molecule has 2 heterocycles. The summed E-state index contributed by atoms with van der Waals surface area (Å²) in [4.78, 5) is 13.0. The van der Waals surface area contributed by atoms with E-state index in [1.807, 2.05) is 12.1 Å². The SMILES string of the molecule is C[C@H](NC(=O)c1nnn(Cc2cccc(F)c2)c1-n1cccc1)c1ccc(F)cc1.